The third-order valence-electron chi connectivity index (χ3n) is 3.17. The highest BCUT2D eigenvalue weighted by Crippen LogP contribution is 2.22. The molecule has 0 spiro atoms. The summed E-state index contributed by atoms with van der Waals surface area (Å²) in [6.45, 7) is 0. The minimum atomic E-state index is 0. The van der Waals surface area contributed by atoms with E-state index >= 15 is 0 Å². The van der Waals surface area contributed by atoms with Crippen LogP contribution in [0.1, 0.15) is 5.56 Å². The Labute approximate surface area is 149 Å². The molecule has 0 amide bonds. The van der Waals surface area contributed by atoms with Crippen LogP contribution in [0.2, 0.25) is 0 Å². The first kappa shape index (κ1) is 20.1. The molecule has 128 valence electrons. The van der Waals surface area contributed by atoms with E-state index in [0.717, 1.165) is 21.8 Å². The second kappa shape index (κ2) is 9.36. The van der Waals surface area contributed by atoms with Crippen molar-refractivity contribution >= 4 is 23.6 Å². The molecule has 1 heterocycles. The minimum Gasteiger partial charge on any atom is -0.412 e. The third-order valence-corrected chi connectivity index (χ3v) is 3.70. The lowest BCUT2D eigenvalue weighted by Crippen LogP contribution is -1.98. The van der Waals surface area contributed by atoms with Crippen LogP contribution in [-0.2, 0) is 0 Å². The Bertz CT molecular complexity index is 883. The normalized spacial score (nSPS) is 9.28. The summed E-state index contributed by atoms with van der Waals surface area (Å²) < 4.78 is 0. The molecule has 0 radical (unpaired) electrons. The number of nitriles is 1. The summed E-state index contributed by atoms with van der Waals surface area (Å²) in [5.41, 5.74) is 3.09. The molecule has 8 heteroatoms. The summed E-state index contributed by atoms with van der Waals surface area (Å²) in [7, 11) is 0. The van der Waals surface area contributed by atoms with Gasteiger partial charge < -0.3 is 16.3 Å². The lowest BCUT2D eigenvalue weighted by Gasteiger charge is -2.07. The molecular formula is C17H17N5O2S. The fourth-order valence-corrected chi connectivity index (χ4v) is 2.46. The van der Waals surface area contributed by atoms with E-state index in [0.29, 0.717) is 11.5 Å². The molecule has 0 atom stereocenters. The molecule has 0 aliphatic carbocycles. The molecule has 0 saturated carbocycles. The highest BCUT2D eigenvalue weighted by Gasteiger charge is 2.04. The summed E-state index contributed by atoms with van der Waals surface area (Å²) in [6.07, 6.45) is 1.69. The number of rotatable bonds is 4. The van der Waals surface area contributed by atoms with Crippen molar-refractivity contribution in [2.24, 2.45) is 5.14 Å². The van der Waals surface area contributed by atoms with Gasteiger partial charge in [0.05, 0.1) is 17.3 Å². The van der Waals surface area contributed by atoms with Crippen molar-refractivity contribution in [2.75, 3.05) is 5.32 Å². The Morgan fingerprint density at radius 2 is 1.84 bits per heavy atom. The van der Waals surface area contributed by atoms with Gasteiger partial charge in [-0.2, -0.15) is 5.26 Å². The minimum absolute atomic E-state index is 0. The van der Waals surface area contributed by atoms with E-state index in [1.807, 2.05) is 42.5 Å². The molecule has 3 rings (SSSR count). The fourth-order valence-electron chi connectivity index (χ4n) is 2.10. The Morgan fingerprint density at radius 1 is 1.04 bits per heavy atom. The predicted molar refractivity (Wildman–Crippen MR) is 99.2 cm³/mol. The Hall–Kier alpha value is -2.96. The van der Waals surface area contributed by atoms with Gasteiger partial charge in [0.2, 0.25) is 5.95 Å². The molecule has 0 aliphatic rings. The SMILES string of the molecule is N#Cc1cccc(-c2ccnc(Nc3cccc(SN)c3)n2)c1.O.O. The zero-order chi connectivity index (χ0) is 16.1. The number of nitrogens with two attached hydrogens (primary N) is 1. The number of aromatic nitrogens is 2. The number of nitrogens with zero attached hydrogens (tertiary/aromatic N) is 3. The first-order valence-electron chi connectivity index (χ1n) is 6.86. The molecule has 25 heavy (non-hydrogen) atoms. The van der Waals surface area contributed by atoms with Crippen LogP contribution < -0.4 is 10.5 Å². The van der Waals surface area contributed by atoms with Gasteiger partial charge in [-0.3, -0.25) is 5.14 Å². The summed E-state index contributed by atoms with van der Waals surface area (Å²) in [4.78, 5) is 9.68. The van der Waals surface area contributed by atoms with Gasteiger partial charge in [0, 0.05) is 22.3 Å². The van der Waals surface area contributed by atoms with Crippen molar-refractivity contribution < 1.29 is 11.0 Å². The second-order valence-electron chi connectivity index (χ2n) is 4.73. The van der Waals surface area contributed by atoms with Crippen LogP contribution in [0, 0.1) is 11.3 Å². The number of nitrogens with one attached hydrogen (secondary N) is 1. The average Bonchev–Trinajstić information content (AvgIpc) is 2.62. The van der Waals surface area contributed by atoms with Gasteiger partial charge in [0.25, 0.3) is 0 Å². The van der Waals surface area contributed by atoms with Crippen molar-refractivity contribution in [1.29, 1.82) is 5.26 Å². The quantitative estimate of drug-likeness (QED) is 0.684. The van der Waals surface area contributed by atoms with Gasteiger partial charge >= 0.3 is 0 Å². The Balaban J connectivity index is 0.00000156. The third kappa shape index (κ3) is 5.00. The van der Waals surface area contributed by atoms with Crippen molar-refractivity contribution in [3.8, 4) is 17.3 Å². The fraction of sp³-hybridized carbons (Fsp3) is 0. The van der Waals surface area contributed by atoms with E-state index in [1.165, 1.54) is 11.9 Å². The standard InChI is InChI=1S/C17H13N5S.2H2O/c18-11-12-3-1-4-13(9-12)16-7-8-20-17(22-16)21-14-5-2-6-15(10-14)23-19;;/h1-10H,19H2,(H,20,21,22);2*1H2. The Kier molecular flexibility index (Phi) is 7.52. The van der Waals surface area contributed by atoms with Crippen molar-refractivity contribution in [3.63, 3.8) is 0 Å². The summed E-state index contributed by atoms with van der Waals surface area (Å²) in [5, 5.41) is 17.7. The zero-order valence-corrected chi connectivity index (χ0v) is 13.9. The van der Waals surface area contributed by atoms with Gasteiger partial charge in [-0.1, -0.05) is 18.2 Å². The van der Waals surface area contributed by atoms with E-state index in [4.69, 9.17) is 10.4 Å². The number of benzene rings is 2. The molecule has 0 aliphatic heterocycles. The lowest BCUT2D eigenvalue weighted by molar-refractivity contribution is 0.823. The molecule has 0 bridgehead atoms. The number of hydrogen-bond acceptors (Lipinski definition) is 6. The maximum absolute atomic E-state index is 9.00. The predicted octanol–water partition coefficient (Wildman–Crippen LogP) is 2.08. The molecule has 3 aromatic rings. The van der Waals surface area contributed by atoms with E-state index in [-0.39, 0.29) is 11.0 Å². The molecule has 0 unspecified atom stereocenters. The van der Waals surface area contributed by atoms with Crippen molar-refractivity contribution in [1.82, 2.24) is 9.97 Å². The largest absolute Gasteiger partial charge is 0.412 e. The highest BCUT2D eigenvalue weighted by molar-refractivity contribution is 7.97. The van der Waals surface area contributed by atoms with Crippen LogP contribution in [0.15, 0.2) is 65.7 Å². The first-order valence-corrected chi connectivity index (χ1v) is 7.74. The monoisotopic (exact) mass is 355 g/mol. The lowest BCUT2D eigenvalue weighted by atomic mass is 10.1. The zero-order valence-electron chi connectivity index (χ0n) is 13.1. The molecular weight excluding hydrogens is 338 g/mol. The van der Waals surface area contributed by atoms with Gasteiger partial charge in [-0.05, 0) is 48.3 Å². The molecule has 1 aromatic heterocycles. The smallest absolute Gasteiger partial charge is 0.227 e. The molecule has 0 fully saturated rings. The van der Waals surface area contributed by atoms with E-state index in [2.05, 4.69) is 21.4 Å². The van der Waals surface area contributed by atoms with E-state index in [1.54, 1.807) is 18.3 Å². The molecule has 0 saturated heterocycles. The van der Waals surface area contributed by atoms with Gasteiger partial charge in [-0.15, -0.1) is 0 Å². The number of hydrogen-bond donors (Lipinski definition) is 2. The van der Waals surface area contributed by atoms with Crippen LogP contribution in [0.3, 0.4) is 0 Å². The number of anilines is 2. The van der Waals surface area contributed by atoms with Crippen molar-refractivity contribution in [3.05, 3.63) is 66.4 Å². The van der Waals surface area contributed by atoms with Crippen LogP contribution in [0.4, 0.5) is 11.6 Å². The second-order valence-corrected chi connectivity index (χ2v) is 5.44. The summed E-state index contributed by atoms with van der Waals surface area (Å²) in [6, 6.07) is 19.0. The molecule has 2 aromatic carbocycles. The molecule has 7 nitrogen and oxygen atoms in total. The Morgan fingerprint density at radius 3 is 2.60 bits per heavy atom. The maximum Gasteiger partial charge on any atom is 0.227 e. The van der Waals surface area contributed by atoms with E-state index < -0.39 is 0 Å². The van der Waals surface area contributed by atoms with Crippen LogP contribution in [-0.4, -0.2) is 20.9 Å². The molecule has 7 N–H and O–H groups in total. The average molecular weight is 355 g/mol. The van der Waals surface area contributed by atoms with Crippen LogP contribution >= 0.6 is 11.9 Å². The van der Waals surface area contributed by atoms with Crippen molar-refractivity contribution in [2.45, 2.75) is 4.90 Å². The van der Waals surface area contributed by atoms with Crippen LogP contribution in [0.25, 0.3) is 11.3 Å². The van der Waals surface area contributed by atoms with E-state index in [9.17, 15) is 0 Å². The maximum atomic E-state index is 9.00. The summed E-state index contributed by atoms with van der Waals surface area (Å²) >= 11 is 1.19. The van der Waals surface area contributed by atoms with Gasteiger partial charge in [-0.25, -0.2) is 9.97 Å². The summed E-state index contributed by atoms with van der Waals surface area (Å²) in [5.74, 6) is 0.490. The van der Waals surface area contributed by atoms with Crippen LogP contribution in [0.5, 0.6) is 0 Å². The first-order chi connectivity index (χ1) is 11.3. The topological polar surface area (TPSA) is 151 Å². The highest BCUT2D eigenvalue weighted by atomic mass is 32.2. The van der Waals surface area contributed by atoms with Gasteiger partial charge in [0.15, 0.2) is 0 Å². The van der Waals surface area contributed by atoms with Gasteiger partial charge in [0.1, 0.15) is 0 Å².